The molecule has 0 fully saturated rings. The number of aromatic nitrogens is 1. The van der Waals surface area contributed by atoms with E-state index in [0.717, 1.165) is 11.1 Å². The van der Waals surface area contributed by atoms with Gasteiger partial charge >= 0.3 is 0 Å². The summed E-state index contributed by atoms with van der Waals surface area (Å²) in [6.07, 6.45) is 3.56. The van der Waals surface area contributed by atoms with Gasteiger partial charge in [-0.25, -0.2) is 0 Å². The van der Waals surface area contributed by atoms with Crippen LogP contribution in [0, 0.1) is 0 Å². The molecule has 0 atom stereocenters. The molecule has 0 radical (unpaired) electrons. The molecule has 0 N–H and O–H groups in total. The van der Waals surface area contributed by atoms with Crippen molar-refractivity contribution >= 4 is 0 Å². The first-order chi connectivity index (χ1) is 6.52. The van der Waals surface area contributed by atoms with Gasteiger partial charge in [0.1, 0.15) is 0 Å². The monoisotopic (exact) mass is 191 g/mol. The van der Waals surface area contributed by atoms with Crippen LogP contribution in [0.1, 0.15) is 26.3 Å². The molecule has 0 aliphatic rings. The van der Waals surface area contributed by atoms with E-state index in [0.29, 0.717) is 6.61 Å². The zero-order chi connectivity index (χ0) is 10.6. The first-order valence-electron chi connectivity index (χ1n) is 4.71. The average Bonchev–Trinajstić information content (AvgIpc) is 2.16. The lowest BCUT2D eigenvalue weighted by atomic mass is 9.99. The van der Waals surface area contributed by atoms with Gasteiger partial charge in [0.2, 0.25) is 0 Å². The fourth-order valence-corrected chi connectivity index (χ4v) is 1.14. The van der Waals surface area contributed by atoms with Crippen molar-refractivity contribution in [3.63, 3.8) is 0 Å². The van der Waals surface area contributed by atoms with E-state index in [1.165, 1.54) is 0 Å². The molecule has 0 aliphatic carbocycles. The van der Waals surface area contributed by atoms with E-state index in [4.69, 9.17) is 4.74 Å². The van der Waals surface area contributed by atoms with Crippen molar-refractivity contribution in [3.05, 3.63) is 42.2 Å². The lowest BCUT2D eigenvalue weighted by Crippen LogP contribution is -2.22. The highest BCUT2D eigenvalue weighted by Crippen LogP contribution is 2.24. The van der Waals surface area contributed by atoms with Crippen LogP contribution in [-0.2, 0) is 10.3 Å². The first-order valence-corrected chi connectivity index (χ1v) is 4.71. The van der Waals surface area contributed by atoms with E-state index in [1.807, 2.05) is 32.9 Å². The van der Waals surface area contributed by atoms with Crippen molar-refractivity contribution in [1.29, 1.82) is 0 Å². The molecule has 1 aromatic rings. The van der Waals surface area contributed by atoms with Gasteiger partial charge in [-0.05, 0) is 38.5 Å². The molecule has 1 aromatic heterocycles. The summed E-state index contributed by atoms with van der Waals surface area (Å²) in [6.45, 7) is 10.5. The van der Waals surface area contributed by atoms with Gasteiger partial charge in [0.15, 0.2) is 0 Å². The van der Waals surface area contributed by atoms with Crippen molar-refractivity contribution in [2.75, 3.05) is 6.61 Å². The van der Waals surface area contributed by atoms with E-state index in [1.54, 1.807) is 12.4 Å². The molecule has 0 saturated heterocycles. The van der Waals surface area contributed by atoms with Crippen LogP contribution in [0.25, 0.3) is 0 Å². The van der Waals surface area contributed by atoms with Gasteiger partial charge in [-0.2, -0.15) is 0 Å². The topological polar surface area (TPSA) is 22.1 Å². The van der Waals surface area contributed by atoms with Crippen LogP contribution in [-0.4, -0.2) is 11.6 Å². The minimum absolute atomic E-state index is 0.276. The number of nitrogens with zero attached hydrogens (tertiary/aromatic N) is 1. The second-order valence-electron chi connectivity index (χ2n) is 3.99. The van der Waals surface area contributed by atoms with Crippen LogP contribution in [0.3, 0.4) is 0 Å². The van der Waals surface area contributed by atoms with Gasteiger partial charge in [0, 0.05) is 12.4 Å². The molecule has 76 valence electrons. The summed E-state index contributed by atoms with van der Waals surface area (Å²) in [5.74, 6) is 0. The van der Waals surface area contributed by atoms with Crippen molar-refractivity contribution in [3.8, 4) is 0 Å². The summed E-state index contributed by atoms with van der Waals surface area (Å²) in [5, 5.41) is 0. The fraction of sp³-hybridized carbons (Fsp3) is 0.417. The Balaban J connectivity index is 2.70. The largest absolute Gasteiger partial charge is 0.367 e. The van der Waals surface area contributed by atoms with E-state index in [2.05, 4.69) is 11.6 Å². The molecular formula is C12H17NO. The van der Waals surface area contributed by atoms with E-state index < -0.39 is 0 Å². The predicted molar refractivity (Wildman–Crippen MR) is 58.0 cm³/mol. The van der Waals surface area contributed by atoms with Crippen LogP contribution in [0.15, 0.2) is 36.7 Å². The number of hydrogen-bond donors (Lipinski definition) is 0. The van der Waals surface area contributed by atoms with Crippen LogP contribution < -0.4 is 0 Å². The Hall–Kier alpha value is -1.15. The summed E-state index contributed by atoms with van der Waals surface area (Å²) in [6, 6.07) is 3.94. The summed E-state index contributed by atoms with van der Waals surface area (Å²) in [7, 11) is 0. The van der Waals surface area contributed by atoms with Crippen LogP contribution in [0.5, 0.6) is 0 Å². The lowest BCUT2D eigenvalue weighted by Gasteiger charge is -2.25. The maximum Gasteiger partial charge on any atom is 0.0880 e. The molecule has 0 aliphatic heterocycles. The third-order valence-corrected chi connectivity index (χ3v) is 2.05. The minimum Gasteiger partial charge on any atom is -0.367 e. The van der Waals surface area contributed by atoms with Crippen molar-refractivity contribution in [2.45, 2.75) is 26.4 Å². The molecule has 0 bridgehead atoms. The minimum atomic E-state index is -0.276. The van der Waals surface area contributed by atoms with Crippen molar-refractivity contribution in [1.82, 2.24) is 4.98 Å². The summed E-state index contributed by atoms with van der Waals surface area (Å²) >= 11 is 0. The molecule has 0 unspecified atom stereocenters. The lowest BCUT2D eigenvalue weighted by molar-refractivity contribution is -0.00826. The average molecular weight is 191 g/mol. The highest BCUT2D eigenvalue weighted by Gasteiger charge is 2.20. The third kappa shape index (κ3) is 2.96. The van der Waals surface area contributed by atoms with Crippen molar-refractivity contribution in [2.24, 2.45) is 0 Å². The fourth-order valence-electron chi connectivity index (χ4n) is 1.14. The van der Waals surface area contributed by atoms with Gasteiger partial charge < -0.3 is 4.74 Å². The maximum absolute atomic E-state index is 5.75. The molecule has 14 heavy (non-hydrogen) atoms. The Bertz CT molecular complexity index is 303. The summed E-state index contributed by atoms with van der Waals surface area (Å²) in [4.78, 5) is 3.98. The normalized spacial score (nSPS) is 11.4. The smallest absolute Gasteiger partial charge is 0.0880 e. The zero-order valence-electron chi connectivity index (χ0n) is 9.08. The number of rotatable bonds is 4. The van der Waals surface area contributed by atoms with Crippen LogP contribution in [0.4, 0.5) is 0 Å². The molecule has 2 nitrogen and oxygen atoms in total. The van der Waals surface area contributed by atoms with Crippen molar-refractivity contribution < 1.29 is 4.74 Å². The quantitative estimate of drug-likeness (QED) is 0.683. The molecule has 1 heterocycles. The first kappa shape index (κ1) is 10.9. The third-order valence-electron chi connectivity index (χ3n) is 2.05. The van der Waals surface area contributed by atoms with E-state index in [-0.39, 0.29) is 5.60 Å². The molecule has 0 spiro atoms. The zero-order valence-corrected chi connectivity index (χ0v) is 9.08. The Labute approximate surface area is 85.6 Å². The molecule has 1 rings (SSSR count). The van der Waals surface area contributed by atoms with Crippen LogP contribution >= 0.6 is 0 Å². The number of pyridine rings is 1. The molecular weight excluding hydrogens is 174 g/mol. The molecule has 2 heteroatoms. The highest BCUT2D eigenvalue weighted by atomic mass is 16.5. The standard InChI is InChI=1S/C12H17NO/c1-10(2)9-14-12(3,4)11-5-7-13-8-6-11/h5-8H,1,9H2,2-4H3. The Kier molecular flexibility index (Phi) is 3.42. The summed E-state index contributed by atoms with van der Waals surface area (Å²) < 4.78 is 5.75. The highest BCUT2D eigenvalue weighted by molar-refractivity contribution is 5.17. The van der Waals surface area contributed by atoms with Gasteiger partial charge in [-0.15, -0.1) is 0 Å². The van der Waals surface area contributed by atoms with Gasteiger partial charge in [-0.3, -0.25) is 4.98 Å². The SMILES string of the molecule is C=C(C)COC(C)(C)c1ccncc1. The maximum atomic E-state index is 5.75. The second-order valence-corrected chi connectivity index (χ2v) is 3.99. The van der Waals surface area contributed by atoms with E-state index >= 15 is 0 Å². The number of ether oxygens (including phenoxy) is 1. The van der Waals surface area contributed by atoms with E-state index in [9.17, 15) is 0 Å². The molecule has 0 saturated carbocycles. The number of hydrogen-bond acceptors (Lipinski definition) is 2. The predicted octanol–water partition coefficient (Wildman–Crippen LogP) is 2.91. The van der Waals surface area contributed by atoms with Crippen LogP contribution in [0.2, 0.25) is 0 Å². The second kappa shape index (κ2) is 4.38. The Morgan fingerprint density at radius 1 is 1.43 bits per heavy atom. The molecule has 0 amide bonds. The molecule has 0 aromatic carbocycles. The Morgan fingerprint density at radius 2 is 2.00 bits per heavy atom. The van der Waals surface area contributed by atoms with Gasteiger partial charge in [0.25, 0.3) is 0 Å². The van der Waals surface area contributed by atoms with Gasteiger partial charge in [0.05, 0.1) is 12.2 Å². The Morgan fingerprint density at radius 3 is 2.50 bits per heavy atom. The summed E-state index contributed by atoms with van der Waals surface area (Å²) in [5.41, 5.74) is 1.89. The van der Waals surface area contributed by atoms with Gasteiger partial charge in [-0.1, -0.05) is 12.2 Å².